The molecule has 0 spiro atoms. The number of aromatic nitrogens is 2. The zero-order chi connectivity index (χ0) is 19.7. The summed E-state index contributed by atoms with van der Waals surface area (Å²) in [6, 6.07) is 8.03. The Kier molecular flexibility index (Phi) is 4.95. The first-order chi connectivity index (χ1) is 13.5. The molecule has 3 aromatic rings. The number of esters is 1. The van der Waals surface area contributed by atoms with E-state index in [4.69, 9.17) is 4.74 Å². The van der Waals surface area contributed by atoms with Crippen LogP contribution in [0.3, 0.4) is 0 Å². The zero-order valence-corrected chi connectivity index (χ0v) is 16.2. The summed E-state index contributed by atoms with van der Waals surface area (Å²) in [6.07, 6.45) is 4.09. The van der Waals surface area contributed by atoms with Crippen LogP contribution < -0.4 is 10.9 Å². The lowest BCUT2D eigenvalue weighted by molar-refractivity contribution is -0.114. The fraction of sp³-hybridized carbons (Fsp3) is 0.300. The number of hydrogen-bond donors (Lipinski definition) is 1. The number of rotatable bonds is 4. The molecule has 0 saturated heterocycles. The van der Waals surface area contributed by atoms with Gasteiger partial charge in [-0.1, -0.05) is 12.1 Å². The largest absolute Gasteiger partial charge is 0.456 e. The maximum absolute atomic E-state index is 12.6. The molecule has 0 aliphatic heterocycles. The zero-order valence-electron chi connectivity index (χ0n) is 15.4. The molecule has 0 fully saturated rings. The van der Waals surface area contributed by atoms with Gasteiger partial charge in [0.15, 0.2) is 4.96 Å². The Hall–Kier alpha value is -3.00. The van der Waals surface area contributed by atoms with Crippen molar-refractivity contribution >= 4 is 33.9 Å². The highest BCUT2D eigenvalue weighted by atomic mass is 32.1. The first kappa shape index (κ1) is 18.4. The molecule has 144 valence electrons. The van der Waals surface area contributed by atoms with Gasteiger partial charge >= 0.3 is 5.97 Å². The number of aryl methyl sites for hydroxylation is 2. The molecule has 8 heteroatoms. The SMILES string of the molecule is CC(=O)Nc1ccccc1C(=O)OCc1cc(=O)n2c3c(sc2n1)CCCC3. The number of benzene rings is 1. The van der Waals surface area contributed by atoms with Crippen molar-refractivity contribution in [1.82, 2.24) is 9.38 Å². The maximum atomic E-state index is 12.6. The molecule has 2 heterocycles. The number of amides is 1. The standard InChI is InChI=1S/C20H19N3O4S/c1-12(24)21-15-7-3-2-6-14(15)19(26)27-11-13-10-18(25)23-16-8-4-5-9-17(16)28-20(23)22-13/h2-3,6-7,10H,4-5,8-9,11H2,1H3,(H,21,24). The van der Waals surface area contributed by atoms with E-state index in [1.165, 1.54) is 29.2 Å². The van der Waals surface area contributed by atoms with Crippen molar-refractivity contribution in [1.29, 1.82) is 0 Å². The van der Waals surface area contributed by atoms with Crippen LogP contribution in [0.2, 0.25) is 0 Å². The van der Waals surface area contributed by atoms with Gasteiger partial charge in [-0.05, 0) is 37.8 Å². The Morgan fingerprint density at radius 1 is 1.25 bits per heavy atom. The van der Waals surface area contributed by atoms with Crippen molar-refractivity contribution in [3.63, 3.8) is 0 Å². The Balaban J connectivity index is 1.56. The molecule has 0 radical (unpaired) electrons. The van der Waals surface area contributed by atoms with E-state index in [-0.39, 0.29) is 23.6 Å². The van der Waals surface area contributed by atoms with Crippen LogP contribution in [-0.4, -0.2) is 21.3 Å². The number of thiazole rings is 1. The van der Waals surface area contributed by atoms with Crippen LogP contribution in [0.4, 0.5) is 5.69 Å². The smallest absolute Gasteiger partial charge is 0.340 e. The second-order valence-electron chi connectivity index (χ2n) is 6.69. The number of ether oxygens (including phenoxy) is 1. The predicted octanol–water partition coefficient (Wildman–Crippen LogP) is 2.95. The fourth-order valence-corrected chi connectivity index (χ4v) is 4.62. The fourth-order valence-electron chi connectivity index (χ4n) is 3.39. The Labute approximate surface area is 165 Å². The minimum atomic E-state index is -0.586. The third-order valence-electron chi connectivity index (χ3n) is 4.62. The second-order valence-corrected chi connectivity index (χ2v) is 7.75. The molecule has 0 atom stereocenters. The van der Waals surface area contributed by atoms with Gasteiger partial charge in [0.1, 0.15) is 6.61 Å². The molecule has 0 unspecified atom stereocenters. The van der Waals surface area contributed by atoms with Crippen LogP contribution in [0.5, 0.6) is 0 Å². The van der Waals surface area contributed by atoms with Crippen molar-refractivity contribution in [3.05, 3.63) is 62.5 Å². The summed E-state index contributed by atoms with van der Waals surface area (Å²) in [5.41, 5.74) is 1.97. The summed E-state index contributed by atoms with van der Waals surface area (Å²) >= 11 is 1.53. The number of fused-ring (bicyclic) bond motifs is 3. The molecule has 2 aromatic heterocycles. The van der Waals surface area contributed by atoms with Gasteiger partial charge in [-0.3, -0.25) is 14.0 Å². The minimum absolute atomic E-state index is 0.110. The Morgan fingerprint density at radius 2 is 2.04 bits per heavy atom. The van der Waals surface area contributed by atoms with Gasteiger partial charge in [0, 0.05) is 23.6 Å². The van der Waals surface area contributed by atoms with Gasteiger partial charge in [-0.25, -0.2) is 9.78 Å². The summed E-state index contributed by atoms with van der Waals surface area (Å²) in [6.45, 7) is 1.26. The summed E-state index contributed by atoms with van der Waals surface area (Å²) in [5.74, 6) is -0.862. The maximum Gasteiger partial charge on any atom is 0.340 e. The lowest BCUT2D eigenvalue weighted by atomic mass is 10.0. The first-order valence-electron chi connectivity index (χ1n) is 9.10. The second kappa shape index (κ2) is 7.55. The summed E-state index contributed by atoms with van der Waals surface area (Å²) in [7, 11) is 0. The van der Waals surface area contributed by atoms with Gasteiger partial charge in [0.25, 0.3) is 5.56 Å². The van der Waals surface area contributed by atoms with E-state index >= 15 is 0 Å². The molecule has 0 saturated carbocycles. The normalized spacial score (nSPS) is 13.2. The van der Waals surface area contributed by atoms with E-state index in [2.05, 4.69) is 10.3 Å². The Bertz CT molecular complexity index is 1130. The molecular weight excluding hydrogens is 378 g/mol. The van der Waals surface area contributed by atoms with Gasteiger partial charge < -0.3 is 10.1 Å². The molecule has 1 aliphatic rings. The van der Waals surface area contributed by atoms with Crippen LogP contribution in [0.15, 0.2) is 35.1 Å². The quantitative estimate of drug-likeness (QED) is 0.684. The molecule has 7 nitrogen and oxygen atoms in total. The predicted molar refractivity (Wildman–Crippen MR) is 106 cm³/mol. The van der Waals surface area contributed by atoms with E-state index in [0.29, 0.717) is 16.3 Å². The van der Waals surface area contributed by atoms with Crippen molar-refractivity contribution in [2.45, 2.75) is 39.2 Å². The van der Waals surface area contributed by atoms with Crippen LogP contribution in [0.25, 0.3) is 4.96 Å². The number of nitrogens with one attached hydrogen (secondary N) is 1. The highest BCUT2D eigenvalue weighted by Gasteiger charge is 2.19. The molecule has 1 aliphatic carbocycles. The number of carbonyl (C=O) groups excluding carboxylic acids is 2. The molecule has 0 bridgehead atoms. The minimum Gasteiger partial charge on any atom is -0.456 e. The van der Waals surface area contributed by atoms with Crippen molar-refractivity contribution in [2.24, 2.45) is 0 Å². The van der Waals surface area contributed by atoms with Crippen molar-refractivity contribution in [2.75, 3.05) is 5.32 Å². The van der Waals surface area contributed by atoms with Crippen LogP contribution in [0, 0.1) is 0 Å². The number of carbonyl (C=O) groups is 2. The number of nitrogens with zero attached hydrogens (tertiary/aromatic N) is 2. The van der Waals surface area contributed by atoms with Crippen LogP contribution in [-0.2, 0) is 29.0 Å². The summed E-state index contributed by atoms with van der Waals surface area (Å²) in [4.78, 5) is 42.7. The average molecular weight is 397 g/mol. The molecule has 1 aromatic carbocycles. The van der Waals surface area contributed by atoms with Crippen LogP contribution in [0.1, 0.15) is 46.4 Å². The van der Waals surface area contributed by atoms with Crippen molar-refractivity contribution < 1.29 is 14.3 Å². The first-order valence-corrected chi connectivity index (χ1v) is 9.91. The Morgan fingerprint density at radius 3 is 2.86 bits per heavy atom. The van der Waals surface area contributed by atoms with E-state index < -0.39 is 5.97 Å². The number of para-hydroxylation sites is 1. The van der Waals surface area contributed by atoms with Gasteiger partial charge in [0.05, 0.1) is 16.9 Å². The van der Waals surface area contributed by atoms with E-state index in [9.17, 15) is 14.4 Å². The highest BCUT2D eigenvalue weighted by Crippen LogP contribution is 2.28. The number of hydrogen-bond acceptors (Lipinski definition) is 6. The summed E-state index contributed by atoms with van der Waals surface area (Å²) < 4.78 is 7.02. The molecule has 1 amide bonds. The van der Waals surface area contributed by atoms with E-state index in [1.807, 2.05) is 0 Å². The number of anilines is 1. The lowest BCUT2D eigenvalue weighted by Gasteiger charge is -2.10. The molecule has 1 N–H and O–H groups in total. The topological polar surface area (TPSA) is 89.8 Å². The third-order valence-corrected chi connectivity index (χ3v) is 5.77. The van der Waals surface area contributed by atoms with Gasteiger partial charge in [-0.15, -0.1) is 11.3 Å². The van der Waals surface area contributed by atoms with E-state index in [1.54, 1.807) is 28.7 Å². The average Bonchev–Trinajstić information content (AvgIpc) is 3.05. The monoisotopic (exact) mass is 397 g/mol. The lowest BCUT2D eigenvalue weighted by Crippen LogP contribution is -2.19. The van der Waals surface area contributed by atoms with Crippen LogP contribution >= 0.6 is 11.3 Å². The molecule has 28 heavy (non-hydrogen) atoms. The van der Waals surface area contributed by atoms with Crippen molar-refractivity contribution in [3.8, 4) is 0 Å². The van der Waals surface area contributed by atoms with Gasteiger partial charge in [0.2, 0.25) is 5.91 Å². The molecule has 4 rings (SSSR count). The van der Waals surface area contributed by atoms with Gasteiger partial charge in [-0.2, -0.15) is 0 Å². The highest BCUT2D eigenvalue weighted by molar-refractivity contribution is 7.17. The summed E-state index contributed by atoms with van der Waals surface area (Å²) in [5, 5.41) is 2.61. The van der Waals surface area contributed by atoms with E-state index in [0.717, 1.165) is 31.4 Å². The third kappa shape index (κ3) is 3.55. The molecular formula is C20H19N3O4S.